The zero-order chi connectivity index (χ0) is 19.2. The summed E-state index contributed by atoms with van der Waals surface area (Å²) < 4.78 is 0. The molecule has 1 aromatic heterocycles. The van der Waals surface area contributed by atoms with Crippen LogP contribution in [0.15, 0.2) is 54.9 Å². The number of carbonyl (C=O) groups is 1. The van der Waals surface area contributed by atoms with Crippen LogP contribution in [0.5, 0.6) is 0 Å². The van der Waals surface area contributed by atoms with Gasteiger partial charge in [-0.1, -0.05) is 30.3 Å². The Labute approximate surface area is 171 Å². The van der Waals surface area contributed by atoms with Crippen molar-refractivity contribution in [1.82, 2.24) is 20.1 Å². The summed E-state index contributed by atoms with van der Waals surface area (Å²) in [6, 6.07) is 14.6. The van der Waals surface area contributed by atoms with Crippen molar-refractivity contribution < 1.29 is 4.79 Å². The average molecular weight is 397 g/mol. The van der Waals surface area contributed by atoms with Crippen molar-refractivity contribution in [2.75, 3.05) is 38.5 Å². The maximum atomic E-state index is 12.9. The maximum absolute atomic E-state index is 12.9. The van der Waals surface area contributed by atoms with Crippen molar-refractivity contribution in [2.24, 2.45) is 0 Å². The SMILES string of the molecule is O=C([C@@H]1CS[C@H](c2ccncc2)N1)N1CCN(CCCc2ccccc2)CC1. The third-order valence-corrected chi connectivity index (χ3v) is 6.82. The molecule has 28 heavy (non-hydrogen) atoms. The fourth-order valence-electron chi connectivity index (χ4n) is 3.91. The highest BCUT2D eigenvalue weighted by atomic mass is 32.2. The van der Waals surface area contributed by atoms with Crippen LogP contribution in [0.4, 0.5) is 0 Å². The van der Waals surface area contributed by atoms with Gasteiger partial charge in [0.1, 0.15) is 0 Å². The van der Waals surface area contributed by atoms with Gasteiger partial charge in [-0.05, 0) is 42.6 Å². The van der Waals surface area contributed by atoms with E-state index in [4.69, 9.17) is 0 Å². The Kier molecular flexibility index (Phi) is 6.62. The molecule has 1 N–H and O–H groups in total. The summed E-state index contributed by atoms with van der Waals surface area (Å²) >= 11 is 1.81. The first-order valence-electron chi connectivity index (χ1n) is 10.1. The molecule has 5 nitrogen and oxygen atoms in total. The molecule has 0 unspecified atom stereocenters. The second-order valence-electron chi connectivity index (χ2n) is 7.47. The van der Waals surface area contributed by atoms with Crippen molar-refractivity contribution in [3.63, 3.8) is 0 Å². The van der Waals surface area contributed by atoms with Gasteiger partial charge in [0.25, 0.3) is 0 Å². The third kappa shape index (κ3) is 4.93. The summed E-state index contributed by atoms with van der Waals surface area (Å²) in [6.07, 6.45) is 5.92. The van der Waals surface area contributed by atoms with Gasteiger partial charge in [-0.25, -0.2) is 0 Å². The van der Waals surface area contributed by atoms with E-state index < -0.39 is 0 Å². The highest BCUT2D eigenvalue weighted by molar-refractivity contribution is 7.99. The van der Waals surface area contributed by atoms with Crippen molar-refractivity contribution in [2.45, 2.75) is 24.3 Å². The zero-order valence-corrected chi connectivity index (χ0v) is 17.0. The predicted molar refractivity (Wildman–Crippen MR) is 114 cm³/mol. The van der Waals surface area contributed by atoms with Crippen molar-refractivity contribution in [3.8, 4) is 0 Å². The van der Waals surface area contributed by atoms with Crippen molar-refractivity contribution in [3.05, 3.63) is 66.0 Å². The lowest BCUT2D eigenvalue weighted by Crippen LogP contribution is -2.53. The molecule has 3 heterocycles. The van der Waals surface area contributed by atoms with E-state index >= 15 is 0 Å². The van der Waals surface area contributed by atoms with Gasteiger partial charge in [0.2, 0.25) is 5.91 Å². The molecule has 0 bridgehead atoms. The number of piperazine rings is 1. The minimum Gasteiger partial charge on any atom is -0.339 e. The fraction of sp³-hybridized carbons (Fsp3) is 0.455. The van der Waals surface area contributed by atoms with E-state index in [1.54, 1.807) is 0 Å². The molecule has 1 aromatic carbocycles. The molecule has 2 fully saturated rings. The van der Waals surface area contributed by atoms with Gasteiger partial charge in [-0.2, -0.15) is 0 Å². The predicted octanol–water partition coefficient (Wildman–Crippen LogP) is 2.56. The smallest absolute Gasteiger partial charge is 0.240 e. The average Bonchev–Trinajstić information content (AvgIpc) is 3.25. The first-order valence-corrected chi connectivity index (χ1v) is 11.2. The largest absolute Gasteiger partial charge is 0.339 e. The molecule has 2 aliphatic heterocycles. The summed E-state index contributed by atoms with van der Waals surface area (Å²) in [6.45, 7) is 4.75. The summed E-state index contributed by atoms with van der Waals surface area (Å²) in [5.74, 6) is 1.09. The van der Waals surface area contributed by atoms with E-state index in [9.17, 15) is 4.79 Å². The number of hydrogen-bond donors (Lipinski definition) is 1. The van der Waals surface area contributed by atoms with Crippen LogP contribution in [-0.2, 0) is 11.2 Å². The number of pyridine rings is 1. The molecule has 2 aliphatic rings. The van der Waals surface area contributed by atoms with Crippen LogP contribution in [0, 0.1) is 0 Å². The summed E-state index contributed by atoms with van der Waals surface area (Å²) in [7, 11) is 0. The molecule has 0 aliphatic carbocycles. The Morgan fingerprint density at radius 3 is 2.57 bits per heavy atom. The minimum absolute atomic E-state index is 0.0761. The monoisotopic (exact) mass is 396 g/mol. The zero-order valence-electron chi connectivity index (χ0n) is 16.2. The number of rotatable bonds is 6. The first-order chi connectivity index (χ1) is 13.8. The molecule has 1 amide bonds. The Morgan fingerprint density at radius 2 is 1.82 bits per heavy atom. The van der Waals surface area contributed by atoms with E-state index in [1.165, 1.54) is 17.5 Å². The van der Waals surface area contributed by atoms with Gasteiger partial charge in [0, 0.05) is 44.3 Å². The van der Waals surface area contributed by atoms with Crippen LogP contribution in [0.1, 0.15) is 22.9 Å². The van der Waals surface area contributed by atoms with E-state index in [0.717, 1.165) is 44.9 Å². The van der Waals surface area contributed by atoms with Gasteiger partial charge in [-0.15, -0.1) is 11.8 Å². The Balaban J connectivity index is 1.19. The van der Waals surface area contributed by atoms with Crippen LogP contribution in [-0.4, -0.2) is 65.2 Å². The van der Waals surface area contributed by atoms with E-state index in [-0.39, 0.29) is 17.3 Å². The number of amides is 1. The number of benzene rings is 1. The summed E-state index contributed by atoms with van der Waals surface area (Å²) in [5, 5.41) is 3.69. The molecule has 6 heteroatoms. The number of thioether (sulfide) groups is 1. The maximum Gasteiger partial charge on any atom is 0.240 e. The molecule has 0 saturated carbocycles. The molecule has 2 aromatic rings. The van der Waals surface area contributed by atoms with Crippen LogP contribution in [0.25, 0.3) is 0 Å². The topological polar surface area (TPSA) is 48.5 Å². The third-order valence-electron chi connectivity index (χ3n) is 5.56. The van der Waals surface area contributed by atoms with Gasteiger partial charge in [-0.3, -0.25) is 20.0 Å². The van der Waals surface area contributed by atoms with E-state index in [1.807, 2.05) is 41.2 Å². The van der Waals surface area contributed by atoms with Crippen LogP contribution in [0.2, 0.25) is 0 Å². The standard InChI is InChI=1S/C22H28N4OS/c27-22(20-17-28-21(24-20)19-8-10-23-11-9-19)26-15-13-25(14-16-26)12-4-7-18-5-2-1-3-6-18/h1-3,5-6,8-11,20-21,24H,4,7,12-17H2/t20-,21+/m0/s1. The Hall–Kier alpha value is -1.89. The van der Waals surface area contributed by atoms with Crippen molar-refractivity contribution >= 4 is 17.7 Å². The first kappa shape index (κ1) is 19.4. The number of aromatic nitrogens is 1. The lowest BCUT2D eigenvalue weighted by molar-refractivity contribution is -0.134. The number of hydrogen-bond acceptors (Lipinski definition) is 5. The van der Waals surface area contributed by atoms with Crippen LogP contribution < -0.4 is 5.32 Å². The minimum atomic E-state index is -0.0761. The molecule has 2 atom stereocenters. The molecular weight excluding hydrogens is 368 g/mol. The van der Waals surface area contributed by atoms with Gasteiger partial charge in [0.15, 0.2) is 0 Å². The Bertz CT molecular complexity index is 750. The highest BCUT2D eigenvalue weighted by Crippen LogP contribution is 2.32. The normalized spacial score (nSPS) is 23.1. The fourth-order valence-corrected chi connectivity index (χ4v) is 5.14. The van der Waals surface area contributed by atoms with E-state index in [2.05, 4.69) is 45.5 Å². The highest BCUT2D eigenvalue weighted by Gasteiger charge is 2.34. The Morgan fingerprint density at radius 1 is 1.07 bits per heavy atom. The lowest BCUT2D eigenvalue weighted by atomic mass is 10.1. The van der Waals surface area contributed by atoms with Crippen LogP contribution in [0.3, 0.4) is 0 Å². The van der Waals surface area contributed by atoms with Crippen LogP contribution >= 0.6 is 11.8 Å². The van der Waals surface area contributed by atoms with Gasteiger partial charge in [0.05, 0.1) is 11.4 Å². The lowest BCUT2D eigenvalue weighted by Gasteiger charge is -2.36. The van der Waals surface area contributed by atoms with Crippen molar-refractivity contribution in [1.29, 1.82) is 0 Å². The molecule has 4 rings (SSSR count). The molecule has 2 saturated heterocycles. The molecule has 0 spiro atoms. The molecule has 148 valence electrons. The van der Waals surface area contributed by atoms with E-state index in [0.29, 0.717) is 0 Å². The number of carbonyl (C=O) groups excluding carboxylic acids is 1. The number of aryl methyl sites for hydroxylation is 1. The van der Waals surface area contributed by atoms with Gasteiger partial charge < -0.3 is 4.90 Å². The number of nitrogens with zero attached hydrogens (tertiary/aromatic N) is 3. The summed E-state index contributed by atoms with van der Waals surface area (Å²) in [4.78, 5) is 21.5. The second-order valence-corrected chi connectivity index (χ2v) is 8.61. The summed E-state index contributed by atoms with van der Waals surface area (Å²) in [5.41, 5.74) is 2.60. The number of nitrogens with one attached hydrogen (secondary N) is 1. The molecular formula is C22H28N4OS. The molecule has 0 radical (unpaired) electrons. The van der Waals surface area contributed by atoms with Gasteiger partial charge >= 0.3 is 0 Å². The quantitative estimate of drug-likeness (QED) is 0.813. The second kappa shape index (κ2) is 9.54.